The van der Waals surface area contributed by atoms with Crippen molar-refractivity contribution in [1.82, 2.24) is 10.2 Å². The molecule has 4 heteroatoms. The summed E-state index contributed by atoms with van der Waals surface area (Å²) < 4.78 is 5.60. The van der Waals surface area contributed by atoms with Crippen LogP contribution in [0.25, 0.3) is 11.3 Å². The predicted octanol–water partition coefficient (Wildman–Crippen LogP) is 7.20. The summed E-state index contributed by atoms with van der Waals surface area (Å²) in [5.41, 5.74) is 1.81. The highest BCUT2D eigenvalue weighted by atomic mass is 35.5. The molecule has 0 saturated heterocycles. The van der Waals surface area contributed by atoms with Gasteiger partial charge in [-0.2, -0.15) is 0 Å². The summed E-state index contributed by atoms with van der Waals surface area (Å²) in [6.45, 7) is 9.73. The lowest BCUT2D eigenvalue weighted by Gasteiger charge is -2.06. The van der Waals surface area contributed by atoms with Crippen LogP contribution in [0.1, 0.15) is 66.2 Å². The smallest absolute Gasteiger partial charge is 0.151 e. The van der Waals surface area contributed by atoms with E-state index < -0.39 is 0 Å². The number of nitrogens with zero attached hydrogens (tertiary/aromatic N) is 2. The highest BCUT2D eigenvalue weighted by Crippen LogP contribution is 2.21. The van der Waals surface area contributed by atoms with Crippen molar-refractivity contribution in [3.8, 4) is 17.0 Å². The molecule has 1 aromatic carbocycles. The fourth-order valence-corrected chi connectivity index (χ4v) is 2.43. The van der Waals surface area contributed by atoms with Gasteiger partial charge < -0.3 is 4.74 Å². The molecule has 0 N–H and O–H groups in total. The predicted molar refractivity (Wildman–Crippen MR) is 112 cm³/mol. The fourth-order valence-electron chi connectivity index (χ4n) is 2.33. The molecule has 1 aromatic heterocycles. The fraction of sp³-hybridized carbons (Fsp3) is 0.545. The topological polar surface area (TPSA) is 35.0 Å². The van der Waals surface area contributed by atoms with Crippen LogP contribution in [0.2, 0.25) is 5.15 Å². The number of unbranched alkanes of at least 4 members (excludes halogenated alkanes) is 3. The molecule has 0 spiro atoms. The Bertz CT molecular complexity index is 582. The summed E-state index contributed by atoms with van der Waals surface area (Å²) in [6, 6.07) is 11.4. The summed E-state index contributed by atoms with van der Waals surface area (Å²) in [4.78, 5) is 0. The molecule has 0 aliphatic heterocycles. The lowest BCUT2D eigenvalue weighted by atomic mass is 10.1. The molecule has 2 aromatic rings. The Morgan fingerprint density at radius 2 is 1.58 bits per heavy atom. The summed E-state index contributed by atoms with van der Waals surface area (Å²) >= 11 is 5.70. The van der Waals surface area contributed by atoms with Crippen molar-refractivity contribution in [2.75, 3.05) is 6.61 Å². The Morgan fingerprint density at radius 3 is 2.12 bits per heavy atom. The van der Waals surface area contributed by atoms with Gasteiger partial charge >= 0.3 is 0 Å². The molecule has 0 unspecified atom stereocenters. The van der Waals surface area contributed by atoms with Gasteiger partial charge in [-0.05, 0) is 48.7 Å². The highest BCUT2D eigenvalue weighted by molar-refractivity contribution is 6.29. The van der Waals surface area contributed by atoms with E-state index in [1.165, 1.54) is 25.7 Å². The third kappa shape index (κ3) is 9.76. The average Bonchev–Trinajstić information content (AvgIpc) is 2.64. The van der Waals surface area contributed by atoms with Gasteiger partial charge in [-0.15, -0.1) is 10.2 Å². The molecule has 0 bridgehead atoms. The Labute approximate surface area is 164 Å². The molecule has 1 heterocycles. The van der Waals surface area contributed by atoms with Crippen molar-refractivity contribution >= 4 is 11.6 Å². The number of hydrogen-bond acceptors (Lipinski definition) is 3. The summed E-state index contributed by atoms with van der Waals surface area (Å²) in [6.07, 6.45) is 7.82. The van der Waals surface area contributed by atoms with Crippen LogP contribution in [-0.4, -0.2) is 16.8 Å². The standard InChI is InChI=1S/C14H15ClN2O.C8H18/c1-2-3-10-18-12-6-4-11(5-7-12)13-8-9-14(15)17-16-13;1-4-5-6-7-8(2)3/h4-9H,2-3,10H2,1H3;8H,4-7H2,1-3H3. The number of benzene rings is 1. The number of halogens is 1. The maximum Gasteiger partial charge on any atom is 0.151 e. The Morgan fingerprint density at radius 1 is 0.885 bits per heavy atom. The zero-order valence-corrected chi connectivity index (χ0v) is 17.4. The molecule has 0 saturated carbocycles. The van der Waals surface area contributed by atoms with Gasteiger partial charge in [0, 0.05) is 5.56 Å². The minimum atomic E-state index is 0.401. The normalized spacial score (nSPS) is 10.4. The molecular formula is C22H33ClN2O. The first-order chi connectivity index (χ1) is 12.6. The SMILES string of the molecule is CCCCCC(C)C.CCCCOc1ccc(-c2ccc(Cl)nn2)cc1. The van der Waals surface area contributed by atoms with E-state index in [4.69, 9.17) is 16.3 Å². The van der Waals surface area contributed by atoms with Gasteiger partial charge in [0.05, 0.1) is 12.3 Å². The van der Waals surface area contributed by atoms with Gasteiger partial charge in [0.1, 0.15) is 5.75 Å². The molecular weight excluding hydrogens is 344 g/mol. The second-order valence-electron chi connectivity index (χ2n) is 6.86. The highest BCUT2D eigenvalue weighted by Gasteiger charge is 2.01. The number of aromatic nitrogens is 2. The van der Waals surface area contributed by atoms with Gasteiger partial charge in [-0.25, -0.2) is 0 Å². The molecule has 0 aliphatic rings. The lowest BCUT2D eigenvalue weighted by molar-refractivity contribution is 0.309. The second kappa shape index (κ2) is 13.6. The van der Waals surface area contributed by atoms with Crippen LogP contribution in [0, 0.1) is 5.92 Å². The quantitative estimate of drug-likeness (QED) is 0.434. The maximum atomic E-state index is 5.70. The maximum absolute atomic E-state index is 5.70. The first kappa shape index (κ1) is 22.4. The van der Waals surface area contributed by atoms with E-state index >= 15 is 0 Å². The van der Waals surface area contributed by atoms with E-state index in [2.05, 4.69) is 37.9 Å². The van der Waals surface area contributed by atoms with Crippen molar-refractivity contribution in [3.05, 3.63) is 41.6 Å². The summed E-state index contributed by atoms with van der Waals surface area (Å²) in [7, 11) is 0. The third-order valence-corrected chi connectivity index (χ3v) is 4.14. The van der Waals surface area contributed by atoms with Crippen LogP contribution in [0.3, 0.4) is 0 Å². The number of ether oxygens (including phenoxy) is 1. The van der Waals surface area contributed by atoms with Gasteiger partial charge in [0.2, 0.25) is 0 Å². The van der Waals surface area contributed by atoms with Crippen molar-refractivity contribution < 1.29 is 4.74 Å². The number of rotatable bonds is 9. The molecule has 26 heavy (non-hydrogen) atoms. The van der Waals surface area contributed by atoms with Crippen molar-refractivity contribution in [2.24, 2.45) is 5.92 Å². The largest absolute Gasteiger partial charge is 0.494 e. The average molecular weight is 377 g/mol. The van der Waals surface area contributed by atoms with E-state index in [1.807, 2.05) is 30.3 Å². The van der Waals surface area contributed by atoms with Gasteiger partial charge in [0.25, 0.3) is 0 Å². The molecule has 0 atom stereocenters. The van der Waals surface area contributed by atoms with Gasteiger partial charge in [-0.3, -0.25) is 0 Å². The van der Waals surface area contributed by atoms with E-state index in [1.54, 1.807) is 6.07 Å². The van der Waals surface area contributed by atoms with Crippen LogP contribution < -0.4 is 4.74 Å². The zero-order valence-electron chi connectivity index (χ0n) is 16.7. The van der Waals surface area contributed by atoms with Crippen LogP contribution in [-0.2, 0) is 0 Å². The monoisotopic (exact) mass is 376 g/mol. The molecule has 144 valence electrons. The van der Waals surface area contributed by atoms with Crippen LogP contribution in [0.4, 0.5) is 0 Å². The zero-order chi connectivity index (χ0) is 19.2. The van der Waals surface area contributed by atoms with E-state index in [-0.39, 0.29) is 0 Å². The first-order valence-electron chi connectivity index (χ1n) is 9.79. The van der Waals surface area contributed by atoms with Crippen LogP contribution >= 0.6 is 11.6 Å². The third-order valence-electron chi connectivity index (χ3n) is 3.93. The Balaban J connectivity index is 0.000000359. The minimum absolute atomic E-state index is 0.401. The molecule has 3 nitrogen and oxygen atoms in total. The van der Waals surface area contributed by atoms with Crippen LogP contribution in [0.5, 0.6) is 5.75 Å². The molecule has 0 amide bonds. The van der Waals surface area contributed by atoms with Crippen molar-refractivity contribution in [3.63, 3.8) is 0 Å². The Kier molecular flexibility index (Phi) is 11.7. The first-order valence-corrected chi connectivity index (χ1v) is 10.2. The lowest BCUT2D eigenvalue weighted by Crippen LogP contribution is -1.96. The molecule has 0 fully saturated rings. The van der Waals surface area contributed by atoms with E-state index in [0.29, 0.717) is 5.15 Å². The van der Waals surface area contributed by atoms with E-state index in [0.717, 1.165) is 42.4 Å². The number of hydrogen-bond donors (Lipinski definition) is 0. The van der Waals surface area contributed by atoms with Crippen LogP contribution in [0.15, 0.2) is 36.4 Å². The van der Waals surface area contributed by atoms with Gasteiger partial charge in [-0.1, -0.05) is 71.4 Å². The van der Waals surface area contributed by atoms with Crippen molar-refractivity contribution in [1.29, 1.82) is 0 Å². The molecule has 0 aliphatic carbocycles. The molecule has 0 radical (unpaired) electrons. The van der Waals surface area contributed by atoms with E-state index in [9.17, 15) is 0 Å². The second-order valence-corrected chi connectivity index (χ2v) is 7.24. The summed E-state index contributed by atoms with van der Waals surface area (Å²) in [5.74, 6) is 1.79. The minimum Gasteiger partial charge on any atom is -0.494 e. The Hall–Kier alpha value is -1.61. The van der Waals surface area contributed by atoms with Gasteiger partial charge in [0.15, 0.2) is 5.15 Å². The summed E-state index contributed by atoms with van der Waals surface area (Å²) in [5, 5.41) is 8.25. The molecule has 2 rings (SSSR count). The van der Waals surface area contributed by atoms with Crippen molar-refractivity contribution in [2.45, 2.75) is 66.2 Å².